The van der Waals surface area contributed by atoms with Crippen molar-refractivity contribution >= 4 is 15.2 Å². The van der Waals surface area contributed by atoms with Gasteiger partial charge in [-0.2, -0.15) is 5.26 Å². The van der Waals surface area contributed by atoms with Gasteiger partial charge in [0.1, 0.15) is 0 Å². The van der Waals surface area contributed by atoms with Crippen LogP contribution >= 0.6 is 9.18 Å². The third-order valence-electron chi connectivity index (χ3n) is 0.129. The average molecular weight is 331 g/mol. The van der Waals surface area contributed by atoms with Gasteiger partial charge in [-0.3, -0.25) is 0 Å². The second-order valence-corrected chi connectivity index (χ2v) is 0.583. The summed E-state index contributed by atoms with van der Waals surface area (Å²) >= 11 is 0. The first kappa shape index (κ1) is 114. The van der Waals surface area contributed by atoms with E-state index in [2.05, 4.69) is 4.89 Å². The molecular weight excluding hydrogens is 271 g/mol. The SMILES string of the molecule is C.C.C.C.C.C.C.C.C.CC.CC.CC(=O)OO.[3H]PC. The van der Waals surface area contributed by atoms with Crippen molar-refractivity contribution in [3.8, 4) is 0 Å². The van der Waals surface area contributed by atoms with Crippen molar-refractivity contribution in [2.75, 3.05) is 6.66 Å². The third-order valence-corrected chi connectivity index (χ3v) is 0.129. The second-order valence-electron chi connectivity index (χ2n) is 0.583. The topological polar surface area (TPSA) is 46.5 Å². The number of hydrogen-bond acceptors (Lipinski definition) is 3. The first-order chi connectivity index (χ1) is 5.68. The molecule has 1 unspecified atom stereocenters. The van der Waals surface area contributed by atoms with Crippen LogP contribution in [0, 0.1) is 0 Å². The lowest BCUT2D eigenvalue weighted by Crippen LogP contribution is -1.89. The molecule has 4 heteroatoms. The Bertz CT molecular complexity index is 67.5. The van der Waals surface area contributed by atoms with Crippen molar-refractivity contribution in [1.82, 2.24) is 0 Å². The van der Waals surface area contributed by atoms with Gasteiger partial charge in [0, 0.05) is 6.92 Å². The molecule has 0 aliphatic rings. The molecule has 0 aliphatic heterocycles. The molecule has 0 spiro atoms. The van der Waals surface area contributed by atoms with Gasteiger partial charge in [0.2, 0.25) is 0 Å². The summed E-state index contributed by atoms with van der Waals surface area (Å²) in [5, 5.41) is 7.29. The lowest BCUT2D eigenvalue weighted by Gasteiger charge is -1.76. The van der Waals surface area contributed by atoms with Gasteiger partial charge in [-0.05, 0) is 0 Å². The fourth-order valence-corrected chi connectivity index (χ4v) is 0. The van der Waals surface area contributed by atoms with Gasteiger partial charge in [-0.25, -0.2) is 4.79 Å². The fourth-order valence-electron chi connectivity index (χ4n) is 0. The molecule has 3 nitrogen and oxygen atoms in total. The van der Waals surface area contributed by atoms with E-state index >= 15 is 0 Å². The molecular formula is C16H57O3P. The number of carbonyl (C=O) groups excluding carboxylic acids is 1. The molecule has 1 atom stereocenters. The van der Waals surface area contributed by atoms with E-state index in [-0.39, 0.29) is 66.8 Å². The minimum absolute atomic E-state index is 0. The molecule has 0 aromatic heterocycles. The normalized spacial score (nSPS) is 3.85. The van der Waals surface area contributed by atoms with Crippen LogP contribution < -0.4 is 0 Å². The van der Waals surface area contributed by atoms with Crippen molar-refractivity contribution in [1.29, 1.82) is 1.28 Å². The maximum absolute atomic E-state index is 9.34. The van der Waals surface area contributed by atoms with Gasteiger partial charge in [-0.1, -0.05) is 101 Å². The zero-order valence-corrected chi connectivity index (χ0v) is 9.26. The molecule has 0 aromatic carbocycles. The maximum atomic E-state index is 9.34. The highest BCUT2D eigenvalue weighted by Crippen LogP contribution is 1.59. The Labute approximate surface area is 140 Å². The van der Waals surface area contributed by atoms with E-state index in [0.29, 0.717) is 9.18 Å². The first-order valence-corrected chi connectivity index (χ1v) is 4.59. The lowest BCUT2D eigenvalue weighted by atomic mass is 10.9. The molecule has 144 valence electrons. The molecule has 0 rings (SSSR count). The molecule has 0 bridgehead atoms. The quantitative estimate of drug-likeness (QED) is 0.276. The zero-order valence-electron chi connectivity index (χ0n) is 9.26. The van der Waals surface area contributed by atoms with Crippen molar-refractivity contribution in [3.05, 3.63) is 0 Å². The highest BCUT2D eigenvalue weighted by Gasteiger charge is 1.79. The largest absolute Gasteiger partial charge is 0.339 e. The highest BCUT2D eigenvalue weighted by atomic mass is 31.0. The summed E-state index contributed by atoms with van der Waals surface area (Å²) in [5.41, 5.74) is 0. The van der Waals surface area contributed by atoms with Crippen LogP contribution in [0.1, 0.15) is 101 Å². The fraction of sp³-hybridized carbons (Fsp3) is 0.938. The van der Waals surface area contributed by atoms with Crippen LogP contribution in [0.5, 0.6) is 0 Å². The van der Waals surface area contributed by atoms with Crippen LogP contribution in [-0.4, -0.2) is 19.2 Å². The molecule has 0 saturated carbocycles. The van der Waals surface area contributed by atoms with Crippen LogP contribution in [0.25, 0.3) is 0 Å². The van der Waals surface area contributed by atoms with Crippen LogP contribution in [0.3, 0.4) is 0 Å². The van der Waals surface area contributed by atoms with Crippen molar-refractivity contribution < 1.29 is 14.9 Å². The predicted octanol–water partition coefficient (Wildman–Crippen LogP) is 8.29. The molecule has 1 N–H and O–H groups in total. The Hall–Kier alpha value is -0.140. The van der Waals surface area contributed by atoms with E-state index in [4.69, 9.17) is 6.54 Å². The van der Waals surface area contributed by atoms with E-state index in [1.165, 1.54) is 0 Å². The summed E-state index contributed by atoms with van der Waals surface area (Å²) in [7, 11) is 0.333. The summed E-state index contributed by atoms with van der Waals surface area (Å²) < 4.78 is 6.24. The van der Waals surface area contributed by atoms with Crippen LogP contribution in [0.15, 0.2) is 0 Å². The van der Waals surface area contributed by atoms with E-state index in [9.17, 15) is 4.79 Å². The smallest absolute Gasteiger partial charge is 0.301 e. The van der Waals surface area contributed by atoms with Gasteiger partial charge < -0.3 is 4.89 Å². The summed E-state index contributed by atoms with van der Waals surface area (Å²) in [4.78, 5) is 12.5. The predicted molar refractivity (Wildman–Crippen MR) is 113 cm³/mol. The monoisotopic (exact) mass is 330 g/mol. The number of rotatable bonds is 0. The Morgan fingerprint density at radius 2 is 0.900 bits per heavy atom. The Balaban J connectivity index is -0.00000000339. The molecule has 0 heterocycles. The molecule has 0 amide bonds. The summed E-state index contributed by atoms with van der Waals surface area (Å²) in [5.74, 6) is -0.690. The minimum Gasteiger partial charge on any atom is -0.301 e. The molecule has 20 heavy (non-hydrogen) atoms. The Morgan fingerprint density at radius 3 is 0.900 bits per heavy atom. The molecule has 0 fully saturated rings. The summed E-state index contributed by atoms with van der Waals surface area (Å²) in [6.07, 6.45) is 0. The van der Waals surface area contributed by atoms with Gasteiger partial charge in [-0.15, -0.1) is 9.18 Å². The second kappa shape index (κ2) is 404. The van der Waals surface area contributed by atoms with Crippen molar-refractivity contribution in [3.63, 3.8) is 0 Å². The van der Waals surface area contributed by atoms with E-state index in [1.54, 1.807) is 0 Å². The molecule has 0 radical (unpaired) electrons. The van der Waals surface area contributed by atoms with Crippen LogP contribution in [0.4, 0.5) is 0 Å². The van der Waals surface area contributed by atoms with E-state index in [0.717, 1.165) is 6.92 Å². The summed E-state index contributed by atoms with van der Waals surface area (Å²) in [6, 6.07) is 0. The third kappa shape index (κ3) is 1470. The standard InChI is InChI=1S/C2H4O3.2C2H6.CH5P.9CH4/c1-2(3)5-4;3*1-2;;;;;;;;;/h4H,1H3;2*1-2H3;2H2,1H3;9*1H4/i;;;2T;;;;;;;;;. The van der Waals surface area contributed by atoms with Crippen molar-refractivity contribution in [2.45, 2.75) is 101 Å². The number of carbonyl (C=O) groups is 1. The zero-order chi connectivity index (χ0) is 11.0. The molecule has 0 saturated heterocycles. The first-order valence-electron chi connectivity index (χ1n) is 4.09. The maximum Gasteiger partial charge on any atom is 0.339 e. The molecule has 0 aromatic rings. The van der Waals surface area contributed by atoms with Gasteiger partial charge in [0.25, 0.3) is 0 Å². The molecule has 0 aliphatic carbocycles. The summed E-state index contributed by atoms with van der Waals surface area (Å²) in [6.45, 7) is 10.9. The van der Waals surface area contributed by atoms with E-state index in [1.807, 2.05) is 34.4 Å². The minimum atomic E-state index is -0.690. The average Bonchev–Trinajstić information content (AvgIpc) is 2.13. The van der Waals surface area contributed by atoms with E-state index < -0.39 is 5.97 Å². The van der Waals surface area contributed by atoms with Gasteiger partial charge >= 0.3 is 5.97 Å². The van der Waals surface area contributed by atoms with Crippen molar-refractivity contribution in [2.24, 2.45) is 0 Å². The van der Waals surface area contributed by atoms with Crippen LogP contribution in [-0.2, 0) is 9.68 Å². The van der Waals surface area contributed by atoms with Gasteiger partial charge in [0.15, 0.2) is 0 Å². The van der Waals surface area contributed by atoms with Crippen LogP contribution in [0.2, 0.25) is 0 Å². The lowest BCUT2D eigenvalue weighted by molar-refractivity contribution is -0.231. The van der Waals surface area contributed by atoms with Gasteiger partial charge in [0.05, 0.1) is 1.28 Å². The Kier molecular flexibility index (Phi) is 2310. The Morgan fingerprint density at radius 1 is 0.850 bits per heavy atom. The number of hydrogen-bond donors (Lipinski definition) is 1. The highest BCUT2D eigenvalue weighted by molar-refractivity contribution is 7.15.